The average Bonchev–Trinajstić information content (AvgIpc) is 3.09. The van der Waals surface area contributed by atoms with Crippen molar-refractivity contribution in [1.82, 2.24) is 14.7 Å². The van der Waals surface area contributed by atoms with E-state index in [1.54, 1.807) is 7.05 Å². The van der Waals surface area contributed by atoms with Crippen LogP contribution in [0.3, 0.4) is 0 Å². The Hall–Kier alpha value is -3.32. The van der Waals surface area contributed by atoms with Crippen molar-refractivity contribution >= 4 is 23.6 Å². The second-order valence-electron chi connectivity index (χ2n) is 8.30. The number of amides is 3. The molecule has 7 heteroatoms. The van der Waals surface area contributed by atoms with Crippen molar-refractivity contribution in [3.63, 3.8) is 0 Å². The minimum absolute atomic E-state index is 0.241. The Labute approximate surface area is 182 Å². The molecule has 3 amide bonds. The number of benzene rings is 2. The molecule has 0 saturated carbocycles. The zero-order valence-electron chi connectivity index (χ0n) is 18.4. The Morgan fingerprint density at radius 2 is 1.68 bits per heavy atom. The van der Waals surface area contributed by atoms with Crippen molar-refractivity contribution in [2.75, 3.05) is 27.7 Å². The summed E-state index contributed by atoms with van der Waals surface area (Å²) in [7, 11) is 5.25. The number of amidine groups is 2. The summed E-state index contributed by atoms with van der Waals surface area (Å²) in [6, 6.07) is 17.6. The SMILES string of the molecule is Cc1cccc(C[N+]2=C(CN(C)Cc3ccccc3)N=C3C2C(=O)N(C)C(=O)N3C)c1. The second kappa shape index (κ2) is 8.43. The predicted molar refractivity (Wildman–Crippen MR) is 120 cm³/mol. The number of aliphatic imine (C=N–C) groups is 1. The number of hydrogen-bond acceptors (Lipinski definition) is 4. The highest BCUT2D eigenvalue weighted by atomic mass is 16.2. The third-order valence-electron chi connectivity index (χ3n) is 5.76. The minimum Gasteiger partial charge on any atom is -0.291 e. The number of urea groups is 1. The van der Waals surface area contributed by atoms with E-state index in [4.69, 9.17) is 4.99 Å². The smallest absolute Gasteiger partial charge is 0.291 e. The number of fused-ring (bicyclic) bond motifs is 1. The molecule has 0 aromatic heterocycles. The first-order valence-corrected chi connectivity index (χ1v) is 10.4. The van der Waals surface area contributed by atoms with Crippen molar-refractivity contribution in [3.05, 3.63) is 71.3 Å². The summed E-state index contributed by atoms with van der Waals surface area (Å²) in [5, 5.41) is 0. The van der Waals surface area contributed by atoms with E-state index in [0.29, 0.717) is 18.9 Å². The number of rotatable bonds is 6. The standard InChI is InChI=1S/C24H28N5O2/c1-17-9-8-12-19(13-17)15-29-20(16-26(2)14-18-10-6-5-7-11-18)25-22-21(29)23(30)28(4)24(31)27(22)3/h5-13,21H,14-16H2,1-4H3/q+1. The maximum absolute atomic E-state index is 13.1. The number of carbonyl (C=O) groups is 2. The van der Waals surface area contributed by atoms with E-state index in [-0.39, 0.29) is 11.9 Å². The molecule has 1 atom stereocenters. The molecule has 31 heavy (non-hydrogen) atoms. The first-order chi connectivity index (χ1) is 14.8. The number of imide groups is 1. The average molecular weight is 419 g/mol. The lowest BCUT2D eigenvalue weighted by molar-refractivity contribution is -0.552. The van der Waals surface area contributed by atoms with E-state index >= 15 is 0 Å². The van der Waals surface area contributed by atoms with Gasteiger partial charge >= 0.3 is 11.9 Å². The van der Waals surface area contributed by atoms with Crippen LogP contribution in [-0.2, 0) is 17.9 Å². The molecule has 4 rings (SSSR count). The van der Waals surface area contributed by atoms with Crippen molar-refractivity contribution in [2.24, 2.45) is 4.99 Å². The molecular formula is C24H28N5O2+. The number of hydrogen-bond donors (Lipinski definition) is 0. The van der Waals surface area contributed by atoms with Crippen molar-refractivity contribution in [2.45, 2.75) is 26.1 Å². The molecule has 2 aromatic carbocycles. The highest BCUT2D eigenvalue weighted by Gasteiger charge is 2.52. The van der Waals surface area contributed by atoms with E-state index in [2.05, 4.69) is 42.2 Å². The van der Waals surface area contributed by atoms with Gasteiger partial charge in [-0.2, -0.15) is 0 Å². The topological polar surface area (TPSA) is 59.2 Å². The summed E-state index contributed by atoms with van der Waals surface area (Å²) in [5.41, 5.74) is 3.48. The van der Waals surface area contributed by atoms with Crippen molar-refractivity contribution < 1.29 is 14.2 Å². The molecule has 2 aliphatic rings. The summed E-state index contributed by atoms with van der Waals surface area (Å²) in [6.45, 7) is 3.94. The van der Waals surface area contributed by atoms with E-state index in [1.807, 2.05) is 35.9 Å². The largest absolute Gasteiger partial charge is 0.333 e. The van der Waals surface area contributed by atoms with Crippen LogP contribution in [0.15, 0.2) is 59.6 Å². The lowest BCUT2D eigenvalue weighted by Crippen LogP contribution is -2.61. The van der Waals surface area contributed by atoms with Crippen LogP contribution in [0.25, 0.3) is 0 Å². The first kappa shape index (κ1) is 20.9. The fourth-order valence-corrected chi connectivity index (χ4v) is 4.16. The Morgan fingerprint density at radius 3 is 2.39 bits per heavy atom. The minimum atomic E-state index is -0.590. The first-order valence-electron chi connectivity index (χ1n) is 10.4. The van der Waals surface area contributed by atoms with Gasteiger partial charge in [-0.3, -0.25) is 19.5 Å². The van der Waals surface area contributed by atoms with Crippen molar-refractivity contribution in [3.8, 4) is 0 Å². The number of nitrogens with zero attached hydrogens (tertiary/aromatic N) is 5. The Kier molecular flexibility index (Phi) is 5.69. The van der Waals surface area contributed by atoms with Crippen LogP contribution in [0.1, 0.15) is 16.7 Å². The normalized spacial score (nSPS) is 18.7. The fraction of sp³-hybridized carbons (Fsp3) is 0.333. The highest BCUT2D eigenvalue weighted by molar-refractivity contribution is 6.23. The molecule has 2 aliphatic heterocycles. The molecule has 0 bridgehead atoms. The maximum atomic E-state index is 13.1. The van der Waals surface area contributed by atoms with E-state index in [0.717, 1.165) is 17.9 Å². The van der Waals surface area contributed by atoms with Crippen LogP contribution < -0.4 is 0 Å². The molecule has 0 spiro atoms. The summed E-state index contributed by atoms with van der Waals surface area (Å²) in [6.07, 6.45) is 0. The maximum Gasteiger partial charge on any atom is 0.333 e. The molecule has 0 radical (unpaired) electrons. The van der Waals surface area contributed by atoms with Gasteiger partial charge in [-0.15, -0.1) is 0 Å². The second-order valence-corrected chi connectivity index (χ2v) is 8.30. The van der Waals surface area contributed by atoms with Crippen LogP contribution in [0.5, 0.6) is 0 Å². The van der Waals surface area contributed by atoms with Gasteiger partial charge in [0.05, 0.1) is 0 Å². The molecule has 2 aromatic rings. The van der Waals surface area contributed by atoms with Gasteiger partial charge in [0.1, 0.15) is 13.1 Å². The van der Waals surface area contributed by atoms with Gasteiger partial charge in [0.15, 0.2) is 0 Å². The number of carbonyl (C=O) groups excluding carboxylic acids is 2. The third-order valence-corrected chi connectivity index (χ3v) is 5.76. The Morgan fingerprint density at radius 1 is 0.968 bits per heavy atom. The molecule has 160 valence electrons. The van der Waals surface area contributed by atoms with Crippen LogP contribution >= 0.6 is 0 Å². The molecule has 0 aliphatic carbocycles. The van der Waals surface area contributed by atoms with Gasteiger partial charge in [-0.05, 0) is 30.1 Å². The van der Waals surface area contributed by atoms with Crippen molar-refractivity contribution in [1.29, 1.82) is 0 Å². The van der Waals surface area contributed by atoms with Crippen LogP contribution in [0.2, 0.25) is 0 Å². The Bertz CT molecular complexity index is 1080. The molecule has 2 heterocycles. The van der Waals surface area contributed by atoms with E-state index in [1.165, 1.54) is 28.0 Å². The summed E-state index contributed by atoms with van der Waals surface area (Å²) in [4.78, 5) is 35.2. The molecule has 1 fully saturated rings. The third kappa shape index (κ3) is 4.14. The zero-order chi connectivity index (χ0) is 22.1. The monoisotopic (exact) mass is 418 g/mol. The van der Waals surface area contributed by atoms with Gasteiger partial charge in [0.2, 0.25) is 0 Å². The summed E-state index contributed by atoms with van der Waals surface area (Å²) in [5.74, 6) is 1.06. The predicted octanol–water partition coefficient (Wildman–Crippen LogP) is 2.34. The zero-order valence-corrected chi connectivity index (χ0v) is 18.4. The molecule has 0 N–H and O–H groups in total. The number of likely N-dealkylation sites (N-methyl/N-ethyl adjacent to an activating group) is 3. The molecule has 7 nitrogen and oxygen atoms in total. The van der Waals surface area contributed by atoms with Crippen LogP contribution in [0.4, 0.5) is 4.79 Å². The van der Waals surface area contributed by atoms with Gasteiger partial charge in [0.25, 0.3) is 17.8 Å². The van der Waals surface area contributed by atoms with Crippen LogP contribution in [-0.4, -0.2) is 76.6 Å². The number of aryl methyl sites for hydroxylation is 1. The van der Waals surface area contributed by atoms with Gasteiger partial charge in [0, 0.05) is 20.6 Å². The van der Waals surface area contributed by atoms with Gasteiger partial charge < -0.3 is 0 Å². The molecular weight excluding hydrogens is 390 g/mol. The highest BCUT2D eigenvalue weighted by Crippen LogP contribution is 2.21. The van der Waals surface area contributed by atoms with E-state index < -0.39 is 6.04 Å². The quantitative estimate of drug-likeness (QED) is 0.677. The van der Waals surface area contributed by atoms with E-state index in [9.17, 15) is 9.59 Å². The summed E-state index contributed by atoms with van der Waals surface area (Å²) < 4.78 is 2.04. The lowest BCUT2D eigenvalue weighted by atomic mass is 10.1. The van der Waals surface area contributed by atoms with Crippen LogP contribution in [0, 0.1) is 6.92 Å². The molecule has 1 saturated heterocycles. The molecule has 1 unspecified atom stereocenters. The summed E-state index contributed by atoms with van der Waals surface area (Å²) >= 11 is 0. The van der Waals surface area contributed by atoms with Gasteiger partial charge in [-0.25, -0.2) is 9.37 Å². The Balaban J connectivity index is 1.67. The fourth-order valence-electron chi connectivity index (χ4n) is 4.16. The lowest BCUT2D eigenvalue weighted by Gasteiger charge is -2.30. The van der Waals surface area contributed by atoms with Gasteiger partial charge in [-0.1, -0.05) is 60.2 Å².